The summed E-state index contributed by atoms with van der Waals surface area (Å²) in [6.07, 6.45) is 3.53. The van der Waals surface area contributed by atoms with Crippen LogP contribution >= 0.6 is 0 Å². The van der Waals surface area contributed by atoms with Crippen molar-refractivity contribution < 1.29 is 9.47 Å². The van der Waals surface area contributed by atoms with Gasteiger partial charge in [0.15, 0.2) is 11.5 Å². The van der Waals surface area contributed by atoms with Crippen molar-refractivity contribution in [2.75, 3.05) is 19.8 Å². The SMILES string of the molecule is CC(C)N1CCCCC(N)C1c1ccc2c(c1)OCCO2. The molecule has 0 bridgehead atoms. The number of rotatable bonds is 2. The Hall–Kier alpha value is -1.26. The highest BCUT2D eigenvalue weighted by molar-refractivity contribution is 5.45. The molecule has 0 saturated carbocycles. The smallest absolute Gasteiger partial charge is 0.161 e. The average Bonchev–Trinajstić information content (AvgIpc) is 2.68. The summed E-state index contributed by atoms with van der Waals surface area (Å²) in [6, 6.07) is 7.24. The first-order valence-electron chi connectivity index (χ1n) is 8.07. The van der Waals surface area contributed by atoms with E-state index in [9.17, 15) is 0 Å². The van der Waals surface area contributed by atoms with Crippen molar-refractivity contribution >= 4 is 0 Å². The van der Waals surface area contributed by atoms with Crippen LogP contribution in [0.3, 0.4) is 0 Å². The number of likely N-dealkylation sites (tertiary alicyclic amines) is 1. The molecular formula is C17H26N2O2. The van der Waals surface area contributed by atoms with Gasteiger partial charge in [-0.3, -0.25) is 4.90 Å². The molecule has 2 aliphatic rings. The molecule has 0 radical (unpaired) electrons. The number of nitrogens with zero attached hydrogens (tertiary/aromatic N) is 1. The number of hydrogen-bond donors (Lipinski definition) is 1. The summed E-state index contributed by atoms with van der Waals surface area (Å²) in [7, 11) is 0. The topological polar surface area (TPSA) is 47.7 Å². The van der Waals surface area contributed by atoms with Gasteiger partial charge in [-0.1, -0.05) is 12.5 Å². The Balaban J connectivity index is 1.94. The number of fused-ring (bicyclic) bond motifs is 1. The van der Waals surface area contributed by atoms with Crippen LogP contribution in [0.2, 0.25) is 0 Å². The van der Waals surface area contributed by atoms with Crippen molar-refractivity contribution in [1.82, 2.24) is 4.90 Å². The molecule has 116 valence electrons. The monoisotopic (exact) mass is 290 g/mol. The number of hydrogen-bond acceptors (Lipinski definition) is 4. The van der Waals surface area contributed by atoms with Gasteiger partial charge in [-0.25, -0.2) is 0 Å². The molecule has 2 N–H and O–H groups in total. The van der Waals surface area contributed by atoms with Crippen LogP contribution in [0, 0.1) is 0 Å². The van der Waals surface area contributed by atoms with Crippen molar-refractivity contribution in [2.24, 2.45) is 5.73 Å². The molecule has 1 fully saturated rings. The summed E-state index contributed by atoms with van der Waals surface area (Å²) in [5.41, 5.74) is 7.75. The molecule has 21 heavy (non-hydrogen) atoms. The summed E-state index contributed by atoms with van der Waals surface area (Å²) in [5, 5.41) is 0. The summed E-state index contributed by atoms with van der Waals surface area (Å²) in [5.74, 6) is 1.71. The van der Waals surface area contributed by atoms with Crippen LogP contribution in [-0.4, -0.2) is 36.7 Å². The standard InChI is InChI=1S/C17H26N2O2/c1-12(2)19-8-4-3-5-14(18)17(19)13-6-7-15-16(11-13)21-10-9-20-15/h6-7,11-12,14,17H,3-5,8-10,18H2,1-2H3. The molecule has 1 saturated heterocycles. The van der Waals surface area contributed by atoms with Gasteiger partial charge in [-0.15, -0.1) is 0 Å². The Morgan fingerprint density at radius 3 is 2.67 bits per heavy atom. The van der Waals surface area contributed by atoms with E-state index in [1.807, 2.05) is 6.07 Å². The van der Waals surface area contributed by atoms with Crippen LogP contribution in [0.15, 0.2) is 18.2 Å². The Bertz CT molecular complexity index is 490. The fourth-order valence-corrected chi connectivity index (χ4v) is 3.48. The molecule has 0 amide bonds. The zero-order chi connectivity index (χ0) is 14.8. The fourth-order valence-electron chi connectivity index (χ4n) is 3.48. The van der Waals surface area contributed by atoms with Gasteiger partial charge in [0.2, 0.25) is 0 Å². The number of ether oxygens (including phenoxy) is 2. The van der Waals surface area contributed by atoms with Crippen LogP contribution in [0.25, 0.3) is 0 Å². The molecule has 0 spiro atoms. The van der Waals surface area contributed by atoms with Crippen LogP contribution < -0.4 is 15.2 Å². The van der Waals surface area contributed by atoms with Gasteiger partial charge in [-0.05, 0) is 50.9 Å². The Morgan fingerprint density at radius 2 is 1.90 bits per heavy atom. The summed E-state index contributed by atoms with van der Waals surface area (Å²) < 4.78 is 11.4. The van der Waals surface area contributed by atoms with Crippen LogP contribution in [0.1, 0.15) is 44.7 Å². The summed E-state index contributed by atoms with van der Waals surface area (Å²) >= 11 is 0. The molecular weight excluding hydrogens is 264 g/mol. The number of benzene rings is 1. The van der Waals surface area contributed by atoms with Gasteiger partial charge in [0, 0.05) is 12.1 Å². The van der Waals surface area contributed by atoms with Gasteiger partial charge < -0.3 is 15.2 Å². The van der Waals surface area contributed by atoms with Crippen molar-refractivity contribution in [3.63, 3.8) is 0 Å². The zero-order valence-electron chi connectivity index (χ0n) is 13.0. The van der Waals surface area contributed by atoms with E-state index in [-0.39, 0.29) is 12.1 Å². The van der Waals surface area contributed by atoms with E-state index >= 15 is 0 Å². The van der Waals surface area contributed by atoms with Gasteiger partial charge in [-0.2, -0.15) is 0 Å². The molecule has 2 heterocycles. The Kier molecular flexibility index (Phi) is 4.36. The first kappa shape index (κ1) is 14.7. The van der Waals surface area contributed by atoms with E-state index in [0.717, 1.165) is 24.5 Å². The maximum Gasteiger partial charge on any atom is 0.161 e. The molecule has 4 heteroatoms. The minimum Gasteiger partial charge on any atom is -0.486 e. The van der Waals surface area contributed by atoms with Crippen molar-refractivity contribution in [1.29, 1.82) is 0 Å². The molecule has 1 aromatic rings. The van der Waals surface area contributed by atoms with E-state index in [0.29, 0.717) is 19.3 Å². The largest absolute Gasteiger partial charge is 0.486 e. The molecule has 4 nitrogen and oxygen atoms in total. The highest BCUT2D eigenvalue weighted by Crippen LogP contribution is 2.37. The maximum absolute atomic E-state index is 6.50. The average molecular weight is 290 g/mol. The summed E-state index contributed by atoms with van der Waals surface area (Å²) in [6.45, 7) is 6.88. The van der Waals surface area contributed by atoms with Crippen molar-refractivity contribution in [3.05, 3.63) is 23.8 Å². The quantitative estimate of drug-likeness (QED) is 0.910. The third-order valence-corrected chi connectivity index (χ3v) is 4.54. The Labute approximate surface area is 127 Å². The van der Waals surface area contributed by atoms with E-state index in [1.165, 1.54) is 18.4 Å². The van der Waals surface area contributed by atoms with Gasteiger partial charge in [0.1, 0.15) is 13.2 Å². The minimum absolute atomic E-state index is 0.178. The lowest BCUT2D eigenvalue weighted by atomic mass is 9.95. The predicted octanol–water partition coefficient (Wildman–Crippen LogP) is 2.72. The maximum atomic E-state index is 6.50. The second kappa shape index (κ2) is 6.24. The van der Waals surface area contributed by atoms with Gasteiger partial charge in [0.05, 0.1) is 6.04 Å². The lowest BCUT2D eigenvalue weighted by Gasteiger charge is -2.37. The lowest BCUT2D eigenvalue weighted by molar-refractivity contribution is 0.142. The molecule has 3 rings (SSSR count). The van der Waals surface area contributed by atoms with E-state index < -0.39 is 0 Å². The molecule has 2 unspecified atom stereocenters. The second-order valence-electron chi connectivity index (χ2n) is 6.34. The minimum atomic E-state index is 0.178. The van der Waals surface area contributed by atoms with E-state index in [4.69, 9.17) is 15.2 Å². The Morgan fingerprint density at radius 1 is 1.14 bits per heavy atom. The predicted molar refractivity (Wildman–Crippen MR) is 83.8 cm³/mol. The van der Waals surface area contributed by atoms with Gasteiger partial charge >= 0.3 is 0 Å². The lowest BCUT2D eigenvalue weighted by Crippen LogP contribution is -2.43. The van der Waals surface area contributed by atoms with E-state index in [2.05, 4.69) is 30.9 Å². The molecule has 0 aromatic heterocycles. The van der Waals surface area contributed by atoms with E-state index in [1.54, 1.807) is 0 Å². The third-order valence-electron chi connectivity index (χ3n) is 4.54. The van der Waals surface area contributed by atoms with Gasteiger partial charge in [0.25, 0.3) is 0 Å². The molecule has 2 atom stereocenters. The first-order valence-corrected chi connectivity index (χ1v) is 8.07. The van der Waals surface area contributed by atoms with Crippen molar-refractivity contribution in [3.8, 4) is 11.5 Å². The normalized spacial score (nSPS) is 26.7. The second-order valence-corrected chi connectivity index (χ2v) is 6.34. The van der Waals surface area contributed by atoms with Crippen LogP contribution in [-0.2, 0) is 0 Å². The van der Waals surface area contributed by atoms with Crippen LogP contribution in [0.5, 0.6) is 11.5 Å². The molecule has 1 aromatic carbocycles. The summed E-state index contributed by atoms with van der Waals surface area (Å²) in [4.78, 5) is 2.53. The first-order chi connectivity index (χ1) is 10.2. The zero-order valence-corrected chi connectivity index (χ0v) is 13.0. The third kappa shape index (κ3) is 3.01. The van der Waals surface area contributed by atoms with Crippen LogP contribution in [0.4, 0.5) is 0 Å². The molecule has 2 aliphatic heterocycles. The highest BCUT2D eigenvalue weighted by atomic mass is 16.6. The highest BCUT2D eigenvalue weighted by Gasteiger charge is 2.31. The number of nitrogens with two attached hydrogens (primary N) is 1. The fraction of sp³-hybridized carbons (Fsp3) is 0.647. The molecule has 0 aliphatic carbocycles. The van der Waals surface area contributed by atoms with Crippen molar-refractivity contribution in [2.45, 2.75) is 51.2 Å².